The number of fused-ring (bicyclic) bond motifs is 1. The summed E-state index contributed by atoms with van der Waals surface area (Å²) in [6.07, 6.45) is 0. The Kier molecular flexibility index (Phi) is 6.34. The Morgan fingerprint density at radius 1 is 1.19 bits per heavy atom. The third-order valence-electron chi connectivity index (χ3n) is 4.45. The van der Waals surface area contributed by atoms with Crippen LogP contribution >= 0.6 is 46.3 Å². The molecular formula is C21H14Cl2FN3O2S2. The quantitative estimate of drug-likeness (QED) is 0.255. The van der Waals surface area contributed by atoms with Crippen molar-refractivity contribution in [3.05, 3.63) is 74.1 Å². The van der Waals surface area contributed by atoms with E-state index in [4.69, 9.17) is 23.2 Å². The van der Waals surface area contributed by atoms with Crippen LogP contribution < -0.4 is 10.9 Å². The van der Waals surface area contributed by atoms with Crippen molar-refractivity contribution in [2.45, 2.75) is 17.3 Å². The number of H-pyrrole nitrogens is 1. The van der Waals surface area contributed by atoms with Crippen LogP contribution in [0.25, 0.3) is 21.3 Å². The number of thioether (sulfide) groups is 1. The minimum Gasteiger partial charge on any atom is -0.323 e. The molecule has 1 amide bonds. The maximum absolute atomic E-state index is 13.2. The molecule has 158 valence electrons. The van der Waals surface area contributed by atoms with Crippen LogP contribution in [0.4, 0.5) is 10.1 Å². The van der Waals surface area contributed by atoms with Crippen molar-refractivity contribution >= 4 is 68.1 Å². The second-order valence-corrected chi connectivity index (χ2v) is 9.56. The number of halogens is 3. The zero-order valence-corrected chi connectivity index (χ0v) is 19.1. The van der Waals surface area contributed by atoms with E-state index in [1.165, 1.54) is 23.5 Å². The molecule has 0 saturated carbocycles. The number of carbonyl (C=O) groups is 1. The van der Waals surface area contributed by atoms with E-state index in [9.17, 15) is 14.0 Å². The number of rotatable bonds is 5. The van der Waals surface area contributed by atoms with Crippen LogP contribution in [0.3, 0.4) is 0 Å². The lowest BCUT2D eigenvalue weighted by molar-refractivity contribution is -0.115. The summed E-state index contributed by atoms with van der Waals surface area (Å²) in [7, 11) is 0. The van der Waals surface area contributed by atoms with E-state index < -0.39 is 5.25 Å². The molecule has 1 atom stereocenters. The van der Waals surface area contributed by atoms with Crippen molar-refractivity contribution in [1.29, 1.82) is 0 Å². The van der Waals surface area contributed by atoms with Crippen molar-refractivity contribution in [2.24, 2.45) is 0 Å². The highest BCUT2D eigenvalue weighted by atomic mass is 35.5. The molecule has 2 heterocycles. The predicted molar refractivity (Wildman–Crippen MR) is 126 cm³/mol. The van der Waals surface area contributed by atoms with E-state index in [1.54, 1.807) is 37.3 Å². The van der Waals surface area contributed by atoms with E-state index in [-0.39, 0.29) is 17.3 Å². The molecule has 0 spiro atoms. The molecule has 0 aliphatic heterocycles. The van der Waals surface area contributed by atoms with Gasteiger partial charge in [-0.1, -0.05) is 53.2 Å². The summed E-state index contributed by atoms with van der Waals surface area (Å²) >= 11 is 14.6. The van der Waals surface area contributed by atoms with Crippen LogP contribution in [0, 0.1) is 5.82 Å². The largest absolute Gasteiger partial charge is 0.323 e. The van der Waals surface area contributed by atoms with Crippen LogP contribution in [0.1, 0.15) is 6.92 Å². The molecule has 31 heavy (non-hydrogen) atoms. The molecule has 1 unspecified atom stereocenters. The van der Waals surface area contributed by atoms with Gasteiger partial charge in [-0.25, -0.2) is 9.37 Å². The smallest absolute Gasteiger partial charge is 0.260 e. The number of nitrogens with zero attached hydrogens (tertiary/aromatic N) is 1. The minimum atomic E-state index is -0.579. The molecule has 2 N–H and O–H groups in total. The Hall–Kier alpha value is -2.39. The first kappa shape index (κ1) is 21.8. The van der Waals surface area contributed by atoms with Crippen molar-refractivity contribution < 1.29 is 9.18 Å². The van der Waals surface area contributed by atoms with Crippen LogP contribution in [0.2, 0.25) is 10.0 Å². The molecule has 2 aromatic heterocycles. The number of thiophene rings is 1. The van der Waals surface area contributed by atoms with Crippen LogP contribution in [-0.2, 0) is 4.79 Å². The van der Waals surface area contributed by atoms with Gasteiger partial charge in [0.2, 0.25) is 5.91 Å². The number of aromatic amines is 1. The molecular weight excluding hydrogens is 480 g/mol. The standard InChI is InChI=1S/C21H14Cl2FN3O2S2/c1-10(18(28)25-17-14(22)3-2-4-15(17)23)31-21-26-19(29)16-13(9-30-20(16)27-21)11-5-7-12(24)8-6-11/h2-10H,1H3,(H,25,28)(H,26,27,29). The first-order chi connectivity index (χ1) is 14.8. The molecule has 0 aliphatic rings. The Bertz CT molecular complexity index is 1320. The monoisotopic (exact) mass is 493 g/mol. The number of aromatic nitrogens is 2. The number of carbonyl (C=O) groups excluding carboxylic acids is 1. The molecule has 2 aromatic carbocycles. The summed E-state index contributed by atoms with van der Waals surface area (Å²) in [5, 5.41) is 5.35. The number of amides is 1. The highest BCUT2D eigenvalue weighted by Crippen LogP contribution is 2.33. The molecule has 4 rings (SSSR count). The van der Waals surface area contributed by atoms with E-state index in [0.29, 0.717) is 36.7 Å². The Labute approximate surface area is 194 Å². The van der Waals surface area contributed by atoms with Gasteiger partial charge in [0.15, 0.2) is 5.16 Å². The number of anilines is 1. The average molecular weight is 494 g/mol. The van der Waals surface area contributed by atoms with Gasteiger partial charge in [-0.3, -0.25) is 9.59 Å². The maximum Gasteiger partial charge on any atom is 0.260 e. The van der Waals surface area contributed by atoms with E-state index >= 15 is 0 Å². The second-order valence-electron chi connectivity index (χ2n) is 6.55. The summed E-state index contributed by atoms with van der Waals surface area (Å²) in [5.74, 6) is -0.680. The topological polar surface area (TPSA) is 74.8 Å². The lowest BCUT2D eigenvalue weighted by Crippen LogP contribution is -2.23. The van der Waals surface area contributed by atoms with Gasteiger partial charge in [-0.2, -0.15) is 0 Å². The Morgan fingerprint density at radius 2 is 1.87 bits per heavy atom. The number of para-hydroxylation sites is 1. The molecule has 0 saturated heterocycles. The van der Waals surface area contributed by atoms with Crippen LogP contribution in [0.15, 0.2) is 57.8 Å². The van der Waals surface area contributed by atoms with Crippen molar-refractivity contribution in [3.8, 4) is 11.1 Å². The van der Waals surface area contributed by atoms with Crippen molar-refractivity contribution in [3.63, 3.8) is 0 Å². The molecule has 0 radical (unpaired) electrons. The molecule has 10 heteroatoms. The van der Waals surface area contributed by atoms with Gasteiger partial charge >= 0.3 is 0 Å². The third kappa shape index (κ3) is 4.62. The maximum atomic E-state index is 13.2. The van der Waals surface area contributed by atoms with E-state index in [2.05, 4.69) is 15.3 Å². The van der Waals surface area contributed by atoms with Crippen molar-refractivity contribution in [1.82, 2.24) is 9.97 Å². The summed E-state index contributed by atoms with van der Waals surface area (Å²) in [5.41, 5.74) is 1.42. The van der Waals surface area contributed by atoms with Gasteiger partial charge in [0.1, 0.15) is 10.6 Å². The third-order valence-corrected chi connectivity index (χ3v) is 6.93. The van der Waals surface area contributed by atoms with Crippen molar-refractivity contribution in [2.75, 3.05) is 5.32 Å². The fourth-order valence-corrected chi connectivity index (χ4v) is 5.18. The fourth-order valence-electron chi connectivity index (χ4n) is 2.89. The summed E-state index contributed by atoms with van der Waals surface area (Å²) in [6.45, 7) is 1.69. The van der Waals surface area contributed by atoms with Gasteiger partial charge in [-0.05, 0) is 36.8 Å². The molecule has 0 aliphatic carbocycles. The van der Waals surface area contributed by atoms with E-state index in [0.717, 1.165) is 17.3 Å². The molecule has 4 aromatic rings. The van der Waals surface area contributed by atoms with Gasteiger partial charge in [-0.15, -0.1) is 11.3 Å². The normalized spacial score (nSPS) is 12.1. The number of hydrogen-bond acceptors (Lipinski definition) is 5. The summed E-state index contributed by atoms with van der Waals surface area (Å²) in [4.78, 5) is 33.1. The number of hydrogen-bond donors (Lipinski definition) is 2. The van der Waals surface area contributed by atoms with Gasteiger partial charge < -0.3 is 10.3 Å². The van der Waals surface area contributed by atoms with Gasteiger partial charge in [0.25, 0.3) is 5.56 Å². The number of benzene rings is 2. The van der Waals surface area contributed by atoms with Gasteiger partial charge in [0.05, 0.1) is 26.4 Å². The average Bonchev–Trinajstić information content (AvgIpc) is 3.15. The molecule has 5 nitrogen and oxygen atoms in total. The Morgan fingerprint density at radius 3 is 2.55 bits per heavy atom. The highest BCUT2D eigenvalue weighted by Gasteiger charge is 2.20. The molecule has 0 fully saturated rings. The predicted octanol–water partition coefficient (Wildman–Crippen LogP) is 6.22. The lowest BCUT2D eigenvalue weighted by atomic mass is 10.1. The van der Waals surface area contributed by atoms with Gasteiger partial charge in [0, 0.05) is 10.9 Å². The molecule has 0 bridgehead atoms. The van der Waals surface area contributed by atoms with E-state index in [1.807, 2.05) is 5.38 Å². The highest BCUT2D eigenvalue weighted by molar-refractivity contribution is 8.00. The number of nitrogens with one attached hydrogen (secondary N) is 2. The van der Waals surface area contributed by atoms with Crippen LogP contribution in [-0.4, -0.2) is 21.1 Å². The van der Waals surface area contributed by atoms with Crippen LogP contribution in [0.5, 0.6) is 0 Å². The second kappa shape index (κ2) is 9.00. The minimum absolute atomic E-state index is 0.318. The summed E-state index contributed by atoms with van der Waals surface area (Å²) in [6, 6.07) is 10.9. The Balaban J connectivity index is 1.57. The zero-order valence-electron chi connectivity index (χ0n) is 15.9. The first-order valence-corrected chi connectivity index (χ1v) is 11.5. The lowest BCUT2D eigenvalue weighted by Gasteiger charge is -2.13. The summed E-state index contributed by atoms with van der Waals surface area (Å²) < 4.78 is 13.2. The zero-order chi connectivity index (χ0) is 22.1. The first-order valence-electron chi connectivity index (χ1n) is 9.02. The fraction of sp³-hybridized carbons (Fsp3) is 0.0952. The SMILES string of the molecule is CC(Sc1nc2scc(-c3ccc(F)cc3)c2c(=O)[nH]1)C(=O)Nc1c(Cl)cccc1Cl.